The van der Waals surface area contributed by atoms with Gasteiger partial charge in [-0.3, -0.25) is 4.79 Å². The van der Waals surface area contributed by atoms with E-state index in [2.05, 4.69) is 10.5 Å². The zero-order valence-corrected chi connectivity index (χ0v) is 14.8. The summed E-state index contributed by atoms with van der Waals surface area (Å²) in [6, 6.07) is 4.33. The summed E-state index contributed by atoms with van der Waals surface area (Å²) in [5.41, 5.74) is 0.125. The lowest BCUT2D eigenvalue weighted by Gasteiger charge is -2.14. The van der Waals surface area contributed by atoms with Crippen LogP contribution in [0, 0.1) is 6.92 Å². The van der Waals surface area contributed by atoms with Crippen molar-refractivity contribution in [2.45, 2.75) is 20.0 Å². The quantitative estimate of drug-likeness (QED) is 0.782. The molecule has 0 saturated carbocycles. The van der Waals surface area contributed by atoms with Crippen molar-refractivity contribution in [1.29, 1.82) is 0 Å². The van der Waals surface area contributed by atoms with Crippen LogP contribution in [0.1, 0.15) is 23.0 Å². The van der Waals surface area contributed by atoms with Crippen molar-refractivity contribution in [3.05, 3.63) is 34.5 Å². The van der Waals surface area contributed by atoms with E-state index in [1.165, 1.54) is 33.3 Å². The Balaban J connectivity index is 2.08. The standard InChI is InChI=1S/C16H17ClN2O6/c1-8-5-13(19-25-8)18-15(20)9(2)24-16(21)10-6-11(17)14(23-4)12(7-10)22-3/h5-7,9H,1-4H3,(H,18,19,20)/t9-/m0/s1. The number of amides is 1. The Kier molecular flexibility index (Phi) is 5.87. The van der Waals surface area contributed by atoms with Crippen molar-refractivity contribution in [1.82, 2.24) is 5.16 Å². The molecule has 1 atom stereocenters. The average Bonchev–Trinajstić information content (AvgIpc) is 2.98. The number of ether oxygens (including phenoxy) is 3. The van der Waals surface area contributed by atoms with Gasteiger partial charge < -0.3 is 24.1 Å². The normalized spacial score (nSPS) is 11.6. The highest BCUT2D eigenvalue weighted by atomic mass is 35.5. The molecule has 1 aromatic heterocycles. The molecule has 9 heteroatoms. The third-order valence-corrected chi connectivity index (χ3v) is 3.48. The molecule has 0 bridgehead atoms. The number of nitrogens with zero attached hydrogens (tertiary/aromatic N) is 1. The number of carbonyl (C=O) groups excluding carboxylic acids is 2. The molecule has 2 aromatic rings. The van der Waals surface area contributed by atoms with Crippen LogP contribution in [-0.2, 0) is 9.53 Å². The van der Waals surface area contributed by atoms with E-state index in [-0.39, 0.29) is 22.2 Å². The first kappa shape index (κ1) is 18.6. The fourth-order valence-corrected chi connectivity index (χ4v) is 2.26. The number of halogens is 1. The van der Waals surface area contributed by atoms with Gasteiger partial charge in [0.15, 0.2) is 23.4 Å². The predicted octanol–water partition coefficient (Wildman–Crippen LogP) is 2.84. The fraction of sp³-hybridized carbons (Fsp3) is 0.312. The van der Waals surface area contributed by atoms with E-state index in [0.29, 0.717) is 11.5 Å². The van der Waals surface area contributed by atoms with Crippen LogP contribution in [0.15, 0.2) is 22.7 Å². The largest absolute Gasteiger partial charge is 0.493 e. The van der Waals surface area contributed by atoms with E-state index in [1.54, 1.807) is 13.0 Å². The third kappa shape index (κ3) is 4.42. The van der Waals surface area contributed by atoms with Crippen LogP contribution >= 0.6 is 11.6 Å². The molecule has 0 fully saturated rings. The summed E-state index contributed by atoms with van der Waals surface area (Å²) in [5.74, 6) is 0.0691. The van der Waals surface area contributed by atoms with Gasteiger partial charge in [0.25, 0.3) is 5.91 Å². The van der Waals surface area contributed by atoms with Crippen LogP contribution in [0.2, 0.25) is 5.02 Å². The van der Waals surface area contributed by atoms with Gasteiger partial charge in [0.05, 0.1) is 24.8 Å². The van der Waals surface area contributed by atoms with Crippen LogP contribution in [0.5, 0.6) is 11.5 Å². The summed E-state index contributed by atoms with van der Waals surface area (Å²) < 4.78 is 20.2. The second kappa shape index (κ2) is 7.89. The zero-order chi connectivity index (χ0) is 18.6. The van der Waals surface area contributed by atoms with Crippen LogP contribution in [0.3, 0.4) is 0 Å². The maximum Gasteiger partial charge on any atom is 0.339 e. The summed E-state index contributed by atoms with van der Waals surface area (Å²) in [6.45, 7) is 3.12. The van der Waals surface area contributed by atoms with Crippen molar-refractivity contribution in [3.63, 3.8) is 0 Å². The number of hydrogen-bond acceptors (Lipinski definition) is 7. The highest BCUT2D eigenvalue weighted by Crippen LogP contribution is 2.36. The second-order valence-electron chi connectivity index (χ2n) is 5.05. The second-order valence-corrected chi connectivity index (χ2v) is 5.46. The van der Waals surface area contributed by atoms with E-state index in [1.807, 2.05) is 0 Å². The lowest BCUT2D eigenvalue weighted by atomic mass is 10.2. The number of carbonyl (C=O) groups is 2. The average molecular weight is 369 g/mol. The molecule has 0 aliphatic heterocycles. The number of anilines is 1. The van der Waals surface area contributed by atoms with E-state index >= 15 is 0 Å². The summed E-state index contributed by atoms with van der Waals surface area (Å²) >= 11 is 6.06. The van der Waals surface area contributed by atoms with E-state index < -0.39 is 18.0 Å². The van der Waals surface area contributed by atoms with Gasteiger partial charge in [-0.25, -0.2) is 4.79 Å². The first-order valence-electron chi connectivity index (χ1n) is 7.22. The number of benzene rings is 1. The van der Waals surface area contributed by atoms with Gasteiger partial charge in [0.2, 0.25) is 0 Å². The lowest BCUT2D eigenvalue weighted by molar-refractivity contribution is -0.123. The highest BCUT2D eigenvalue weighted by Gasteiger charge is 2.22. The minimum atomic E-state index is -1.06. The monoisotopic (exact) mass is 368 g/mol. The molecule has 0 unspecified atom stereocenters. The Morgan fingerprint density at radius 2 is 1.96 bits per heavy atom. The molecule has 1 N–H and O–H groups in total. The Morgan fingerprint density at radius 1 is 1.24 bits per heavy atom. The van der Waals surface area contributed by atoms with Gasteiger partial charge in [0.1, 0.15) is 5.76 Å². The van der Waals surface area contributed by atoms with Gasteiger partial charge in [-0.1, -0.05) is 16.8 Å². The van der Waals surface area contributed by atoms with Gasteiger partial charge in [0, 0.05) is 6.07 Å². The summed E-state index contributed by atoms with van der Waals surface area (Å²) in [7, 11) is 2.85. The lowest BCUT2D eigenvalue weighted by Crippen LogP contribution is -2.30. The number of aryl methyl sites for hydroxylation is 1. The molecular formula is C16H17ClN2O6. The molecule has 8 nitrogen and oxygen atoms in total. The highest BCUT2D eigenvalue weighted by molar-refractivity contribution is 6.32. The summed E-state index contributed by atoms with van der Waals surface area (Å²) in [6.07, 6.45) is -1.06. The Labute approximate surface area is 149 Å². The number of methoxy groups -OCH3 is 2. The van der Waals surface area contributed by atoms with E-state index in [9.17, 15) is 9.59 Å². The minimum Gasteiger partial charge on any atom is -0.493 e. The maximum atomic E-state index is 12.2. The number of hydrogen-bond donors (Lipinski definition) is 1. The molecule has 1 heterocycles. The molecule has 1 aromatic carbocycles. The Morgan fingerprint density at radius 3 is 2.52 bits per heavy atom. The van der Waals surface area contributed by atoms with Crippen molar-refractivity contribution in [2.24, 2.45) is 0 Å². The number of aromatic nitrogens is 1. The molecule has 0 aliphatic rings. The fourth-order valence-electron chi connectivity index (χ4n) is 1.97. The Hall–Kier alpha value is -2.74. The third-order valence-electron chi connectivity index (χ3n) is 3.20. The molecule has 134 valence electrons. The molecule has 1 amide bonds. The molecule has 0 saturated heterocycles. The van der Waals surface area contributed by atoms with Crippen LogP contribution in [0.4, 0.5) is 5.82 Å². The smallest absolute Gasteiger partial charge is 0.339 e. The zero-order valence-electron chi connectivity index (χ0n) is 14.1. The first-order chi connectivity index (χ1) is 11.8. The SMILES string of the molecule is COc1cc(C(=O)O[C@@H](C)C(=O)Nc2cc(C)on2)cc(Cl)c1OC. The maximum absolute atomic E-state index is 12.2. The number of esters is 1. The van der Waals surface area contributed by atoms with Crippen molar-refractivity contribution in [2.75, 3.05) is 19.5 Å². The summed E-state index contributed by atoms with van der Waals surface area (Å²) in [4.78, 5) is 24.3. The number of nitrogens with one attached hydrogen (secondary N) is 1. The molecule has 0 aliphatic carbocycles. The predicted molar refractivity (Wildman–Crippen MR) is 89.3 cm³/mol. The Bertz CT molecular complexity index is 789. The minimum absolute atomic E-state index is 0.125. The number of rotatable bonds is 6. The van der Waals surface area contributed by atoms with Crippen molar-refractivity contribution >= 4 is 29.3 Å². The van der Waals surface area contributed by atoms with Crippen LogP contribution in [-0.4, -0.2) is 37.4 Å². The van der Waals surface area contributed by atoms with Crippen LogP contribution in [0.25, 0.3) is 0 Å². The van der Waals surface area contributed by atoms with Gasteiger partial charge >= 0.3 is 5.97 Å². The van der Waals surface area contributed by atoms with Crippen molar-refractivity contribution in [3.8, 4) is 11.5 Å². The van der Waals surface area contributed by atoms with Crippen LogP contribution < -0.4 is 14.8 Å². The van der Waals surface area contributed by atoms with E-state index in [0.717, 1.165) is 0 Å². The van der Waals surface area contributed by atoms with Crippen molar-refractivity contribution < 1.29 is 28.3 Å². The molecule has 0 radical (unpaired) electrons. The molecule has 0 spiro atoms. The van der Waals surface area contributed by atoms with Gasteiger partial charge in [-0.15, -0.1) is 0 Å². The van der Waals surface area contributed by atoms with Gasteiger partial charge in [-0.05, 0) is 26.0 Å². The van der Waals surface area contributed by atoms with E-state index in [4.69, 9.17) is 30.3 Å². The summed E-state index contributed by atoms with van der Waals surface area (Å²) in [5, 5.41) is 6.30. The molecule has 25 heavy (non-hydrogen) atoms. The first-order valence-corrected chi connectivity index (χ1v) is 7.60. The topological polar surface area (TPSA) is 99.9 Å². The molecule has 2 rings (SSSR count). The van der Waals surface area contributed by atoms with Gasteiger partial charge in [-0.2, -0.15) is 0 Å². The molecular weight excluding hydrogens is 352 g/mol.